The van der Waals surface area contributed by atoms with Gasteiger partial charge in [0, 0.05) is 52.8 Å². The first-order valence-electron chi connectivity index (χ1n) is 12.9. The zero-order valence-corrected chi connectivity index (χ0v) is 23.3. The maximum Gasteiger partial charge on any atom is 0.316 e. The fraction of sp³-hybridized carbons (Fsp3) is 0.407. The smallest absolute Gasteiger partial charge is 0.316 e. The van der Waals surface area contributed by atoms with Crippen molar-refractivity contribution in [2.24, 2.45) is 0 Å². The monoisotopic (exact) mass is 575 g/mol. The van der Waals surface area contributed by atoms with Crippen LogP contribution in [0.15, 0.2) is 47.4 Å². The Morgan fingerprint density at radius 1 is 1.05 bits per heavy atom. The van der Waals surface area contributed by atoms with E-state index in [1.54, 1.807) is 7.11 Å². The van der Waals surface area contributed by atoms with Crippen LogP contribution in [0.5, 0.6) is 11.5 Å². The number of aromatic nitrogens is 2. The molecule has 13 heteroatoms. The van der Waals surface area contributed by atoms with E-state index in [2.05, 4.69) is 5.10 Å². The molecule has 0 N–H and O–H groups in total. The third-order valence-corrected chi connectivity index (χ3v) is 9.21. The molecular formula is C27H31F2N5O5S. The molecule has 2 heterocycles. The zero-order chi connectivity index (χ0) is 28.6. The van der Waals surface area contributed by atoms with Crippen LogP contribution >= 0.6 is 0 Å². The lowest BCUT2D eigenvalue weighted by atomic mass is 9.89. The number of methoxy groups -OCH3 is 1. The van der Waals surface area contributed by atoms with Crippen LogP contribution in [0, 0.1) is 11.6 Å². The van der Waals surface area contributed by atoms with E-state index in [9.17, 15) is 22.0 Å². The molecule has 0 amide bonds. The summed E-state index contributed by atoms with van der Waals surface area (Å²) < 4.78 is 68.5. The first-order valence-corrected chi connectivity index (χ1v) is 14.3. The van der Waals surface area contributed by atoms with Crippen LogP contribution in [0.1, 0.15) is 17.5 Å². The fourth-order valence-corrected chi connectivity index (χ4v) is 6.29. The molecule has 0 saturated carbocycles. The van der Waals surface area contributed by atoms with Crippen LogP contribution in [0.3, 0.4) is 0 Å². The molecule has 2 aliphatic rings. The lowest BCUT2D eigenvalue weighted by Crippen LogP contribution is -2.52. The number of fused-ring (bicyclic) bond motifs is 1. The predicted molar refractivity (Wildman–Crippen MR) is 146 cm³/mol. The average Bonchev–Trinajstić information content (AvgIpc) is 2.93. The second-order valence-corrected chi connectivity index (χ2v) is 12.1. The summed E-state index contributed by atoms with van der Waals surface area (Å²) in [5.74, 6) is -0.876. The van der Waals surface area contributed by atoms with Crippen molar-refractivity contribution in [2.45, 2.75) is 25.4 Å². The quantitative estimate of drug-likeness (QED) is 0.427. The lowest BCUT2D eigenvalue weighted by molar-refractivity contribution is 0.180. The molecule has 3 aromatic rings. The van der Waals surface area contributed by atoms with Gasteiger partial charge in [-0.3, -0.25) is 4.79 Å². The summed E-state index contributed by atoms with van der Waals surface area (Å²) in [5, 5.41) is 4.21. The van der Waals surface area contributed by atoms with E-state index >= 15 is 0 Å². The Hall–Kier alpha value is -3.55. The molecule has 0 radical (unpaired) electrons. The number of ether oxygens (including phenoxy) is 2. The van der Waals surface area contributed by atoms with Crippen molar-refractivity contribution >= 4 is 15.9 Å². The lowest BCUT2D eigenvalue weighted by Gasteiger charge is -2.37. The van der Waals surface area contributed by atoms with Crippen molar-refractivity contribution in [3.05, 3.63) is 75.7 Å². The van der Waals surface area contributed by atoms with Crippen LogP contribution in [0.25, 0.3) is 5.69 Å². The van der Waals surface area contributed by atoms with Crippen LogP contribution in [-0.2, 0) is 23.1 Å². The summed E-state index contributed by atoms with van der Waals surface area (Å²) >= 11 is 0. The molecular weight excluding hydrogens is 544 g/mol. The number of hydrogen-bond acceptors (Lipinski definition) is 7. The number of halogens is 2. The first-order chi connectivity index (χ1) is 19.1. The summed E-state index contributed by atoms with van der Waals surface area (Å²) in [7, 11) is 0.995. The maximum absolute atomic E-state index is 14.0. The molecule has 1 aromatic heterocycles. The Morgan fingerprint density at radius 3 is 2.40 bits per heavy atom. The molecule has 214 valence electrons. The van der Waals surface area contributed by atoms with Gasteiger partial charge in [-0.2, -0.15) is 26.8 Å². The van der Waals surface area contributed by atoms with Gasteiger partial charge >= 0.3 is 5.56 Å². The third-order valence-electron chi connectivity index (χ3n) is 7.27. The van der Waals surface area contributed by atoms with Gasteiger partial charge < -0.3 is 14.4 Å². The van der Waals surface area contributed by atoms with Gasteiger partial charge in [-0.25, -0.2) is 8.78 Å². The van der Waals surface area contributed by atoms with Gasteiger partial charge in [0.15, 0.2) is 0 Å². The number of benzene rings is 2. The van der Waals surface area contributed by atoms with E-state index in [4.69, 9.17) is 9.47 Å². The molecule has 1 saturated heterocycles. The predicted octanol–water partition coefficient (Wildman–Crippen LogP) is 2.38. The number of anilines is 1. The van der Waals surface area contributed by atoms with Crippen LogP contribution in [0.4, 0.5) is 14.5 Å². The summed E-state index contributed by atoms with van der Waals surface area (Å²) in [6, 6.07) is 8.58. The minimum Gasteiger partial charge on any atom is -0.496 e. The van der Waals surface area contributed by atoms with Crippen LogP contribution in [-0.4, -0.2) is 80.3 Å². The van der Waals surface area contributed by atoms with Crippen molar-refractivity contribution in [1.29, 1.82) is 0 Å². The Morgan fingerprint density at radius 2 is 1.75 bits per heavy atom. The fourth-order valence-electron chi connectivity index (χ4n) is 5.20. The van der Waals surface area contributed by atoms with Gasteiger partial charge in [0.1, 0.15) is 29.2 Å². The topological polar surface area (TPSA) is 97.2 Å². The van der Waals surface area contributed by atoms with Gasteiger partial charge in [-0.1, -0.05) is 12.1 Å². The van der Waals surface area contributed by atoms with E-state index in [1.165, 1.54) is 24.6 Å². The van der Waals surface area contributed by atoms with E-state index < -0.39 is 27.4 Å². The molecule has 1 unspecified atom stereocenters. The highest BCUT2D eigenvalue weighted by Crippen LogP contribution is 2.33. The summed E-state index contributed by atoms with van der Waals surface area (Å²) in [6.45, 7) is 1.01. The van der Waals surface area contributed by atoms with E-state index in [-0.39, 0.29) is 30.6 Å². The van der Waals surface area contributed by atoms with Gasteiger partial charge in [0.05, 0.1) is 19.0 Å². The van der Waals surface area contributed by atoms with E-state index in [0.29, 0.717) is 38.0 Å². The van der Waals surface area contributed by atoms with Crippen molar-refractivity contribution in [2.75, 3.05) is 52.3 Å². The maximum atomic E-state index is 14.0. The second kappa shape index (κ2) is 11.1. The largest absolute Gasteiger partial charge is 0.496 e. The molecule has 0 bridgehead atoms. The number of rotatable bonds is 7. The summed E-state index contributed by atoms with van der Waals surface area (Å²) in [5.41, 5.74) is 1.82. The number of hydrogen-bond donors (Lipinski definition) is 0. The highest BCUT2D eigenvalue weighted by molar-refractivity contribution is 7.86. The van der Waals surface area contributed by atoms with Gasteiger partial charge in [0.2, 0.25) is 5.75 Å². The summed E-state index contributed by atoms with van der Waals surface area (Å²) in [4.78, 5) is 15.6. The normalized spacial score (nSPS) is 18.1. The molecule has 0 spiro atoms. The minimum atomic E-state index is -3.59. The first kappa shape index (κ1) is 28.0. The Balaban J connectivity index is 1.49. The van der Waals surface area contributed by atoms with Crippen LogP contribution < -0.4 is 19.9 Å². The van der Waals surface area contributed by atoms with Gasteiger partial charge in [-0.15, -0.1) is 0 Å². The van der Waals surface area contributed by atoms with E-state index in [1.807, 2.05) is 23.1 Å². The average molecular weight is 576 g/mol. The Bertz CT molecular complexity index is 1550. The van der Waals surface area contributed by atoms with E-state index in [0.717, 1.165) is 44.1 Å². The number of nitrogens with zero attached hydrogens (tertiary/aromatic N) is 5. The summed E-state index contributed by atoms with van der Waals surface area (Å²) in [6.07, 6.45) is 2.93. The van der Waals surface area contributed by atoms with Crippen molar-refractivity contribution in [3.63, 3.8) is 0 Å². The minimum absolute atomic E-state index is 0.0000628. The molecule has 10 nitrogen and oxygen atoms in total. The SMILES string of the molecule is COc1cccc2c1CCC(Oc1c(N3CCN(S(=O)(=O)N(C)C)CC3)cnn(-c3cc(F)cc(F)c3)c1=O)C2. The highest BCUT2D eigenvalue weighted by Gasteiger charge is 2.32. The van der Waals surface area contributed by atoms with Gasteiger partial charge in [-0.05, 0) is 42.2 Å². The molecule has 1 fully saturated rings. The van der Waals surface area contributed by atoms with Crippen molar-refractivity contribution in [1.82, 2.24) is 18.4 Å². The molecule has 2 aromatic carbocycles. The molecule has 1 aliphatic heterocycles. The third kappa shape index (κ3) is 5.40. The van der Waals surface area contributed by atoms with Crippen LogP contribution in [0.2, 0.25) is 0 Å². The second-order valence-electron chi connectivity index (χ2n) is 9.96. The Kier molecular flexibility index (Phi) is 7.80. The van der Waals surface area contributed by atoms with Crippen molar-refractivity contribution < 1.29 is 26.7 Å². The molecule has 5 rings (SSSR count). The molecule has 1 atom stereocenters. The van der Waals surface area contributed by atoms with Gasteiger partial charge in [0.25, 0.3) is 10.2 Å². The standard InChI is InChI=1S/C27H31F2N5O5S/c1-31(2)40(36,37)33-11-9-32(10-12-33)24-17-30-34(21-15-19(28)14-20(29)16-21)27(35)26(24)39-22-7-8-23-18(13-22)5-4-6-25(23)38-3/h4-6,14-17,22H,7-13H2,1-3H3. The Labute approximate surface area is 231 Å². The zero-order valence-electron chi connectivity index (χ0n) is 22.5. The molecule has 1 aliphatic carbocycles. The number of piperazine rings is 1. The van der Waals surface area contributed by atoms with Crippen molar-refractivity contribution in [3.8, 4) is 17.2 Å². The molecule has 40 heavy (non-hydrogen) atoms. The highest BCUT2D eigenvalue weighted by atomic mass is 32.2.